The fourth-order valence-electron chi connectivity index (χ4n) is 3.25. The second-order valence-corrected chi connectivity index (χ2v) is 8.23. The number of nitrogens with one attached hydrogen (secondary N) is 2. The number of aryl methyl sites for hydroxylation is 2. The molecule has 7 heteroatoms. The molecule has 156 valence electrons. The van der Waals surface area contributed by atoms with Crippen molar-refractivity contribution >= 4 is 45.9 Å². The molecule has 30 heavy (non-hydrogen) atoms. The molecule has 0 aromatic heterocycles. The lowest BCUT2D eigenvalue weighted by atomic mass is 10.0. The summed E-state index contributed by atoms with van der Waals surface area (Å²) in [5, 5.41) is 5.54. The van der Waals surface area contributed by atoms with Crippen LogP contribution < -0.4 is 10.6 Å². The van der Waals surface area contributed by atoms with E-state index in [2.05, 4.69) is 24.5 Å². The number of anilines is 1. The number of amides is 2. The lowest BCUT2D eigenvalue weighted by Gasteiger charge is -2.09. The van der Waals surface area contributed by atoms with E-state index in [-0.39, 0.29) is 24.0 Å². The fourth-order valence-corrected chi connectivity index (χ4v) is 4.22. The minimum atomic E-state index is -0.543. The molecule has 2 aromatic rings. The Balaban J connectivity index is 1.69. The van der Waals surface area contributed by atoms with Gasteiger partial charge in [-0.3, -0.25) is 14.4 Å². The molecule has 6 nitrogen and oxygen atoms in total. The Morgan fingerprint density at radius 3 is 2.40 bits per heavy atom. The molecule has 0 spiro atoms. The summed E-state index contributed by atoms with van der Waals surface area (Å²) in [4.78, 5) is 41.0. The zero-order valence-electron chi connectivity index (χ0n) is 17.3. The third-order valence-corrected chi connectivity index (χ3v) is 5.96. The average molecular weight is 424 g/mol. The highest BCUT2D eigenvalue weighted by molar-refractivity contribution is 8.15. The maximum Gasteiger partial charge on any atom is 0.240 e. The smallest absolute Gasteiger partial charge is 0.240 e. The van der Waals surface area contributed by atoms with Gasteiger partial charge < -0.3 is 10.6 Å². The summed E-state index contributed by atoms with van der Waals surface area (Å²) in [5.41, 5.74) is 4.22. The fraction of sp³-hybridized carbons (Fsp3) is 0.304. The molecule has 1 aliphatic rings. The number of nitrogens with zero attached hydrogens (tertiary/aromatic N) is 1. The second kappa shape index (κ2) is 9.71. The van der Waals surface area contributed by atoms with Gasteiger partial charge in [-0.15, -0.1) is 0 Å². The number of para-hydroxylation sites is 1. The summed E-state index contributed by atoms with van der Waals surface area (Å²) in [6.45, 7) is 5.63. The zero-order valence-corrected chi connectivity index (χ0v) is 18.1. The number of carbonyl (C=O) groups is 3. The molecule has 2 aromatic carbocycles. The number of Topliss-reactive ketones (excluding diaryl/α,β-unsaturated/α-hetero) is 1. The van der Waals surface area contributed by atoms with Gasteiger partial charge in [0.15, 0.2) is 11.0 Å². The molecule has 1 fully saturated rings. The van der Waals surface area contributed by atoms with Crippen molar-refractivity contribution in [2.45, 2.75) is 45.3 Å². The van der Waals surface area contributed by atoms with Crippen molar-refractivity contribution in [2.75, 3.05) is 5.32 Å². The molecule has 2 N–H and O–H groups in total. The van der Waals surface area contributed by atoms with Crippen molar-refractivity contribution in [3.8, 4) is 0 Å². The Bertz CT molecular complexity index is 994. The molecule has 0 aliphatic carbocycles. The van der Waals surface area contributed by atoms with Gasteiger partial charge >= 0.3 is 0 Å². The lowest BCUT2D eigenvalue weighted by Crippen LogP contribution is -2.28. The van der Waals surface area contributed by atoms with Crippen LogP contribution in [0.5, 0.6) is 0 Å². The monoisotopic (exact) mass is 423 g/mol. The molecule has 1 heterocycles. The minimum Gasteiger partial charge on any atom is -0.326 e. The third kappa shape index (κ3) is 5.16. The van der Waals surface area contributed by atoms with E-state index in [4.69, 9.17) is 4.99 Å². The summed E-state index contributed by atoms with van der Waals surface area (Å²) in [6, 6.07) is 12.9. The van der Waals surface area contributed by atoms with Crippen molar-refractivity contribution in [3.05, 3.63) is 59.2 Å². The van der Waals surface area contributed by atoms with Crippen LogP contribution in [-0.4, -0.2) is 28.0 Å². The van der Waals surface area contributed by atoms with E-state index in [9.17, 15) is 14.4 Å². The summed E-state index contributed by atoms with van der Waals surface area (Å²) >= 11 is 1.27. The third-order valence-electron chi connectivity index (χ3n) is 4.88. The lowest BCUT2D eigenvalue weighted by molar-refractivity contribution is -0.122. The van der Waals surface area contributed by atoms with Crippen molar-refractivity contribution in [1.29, 1.82) is 0 Å². The highest BCUT2D eigenvalue weighted by atomic mass is 32.2. The Morgan fingerprint density at radius 2 is 1.77 bits per heavy atom. The van der Waals surface area contributed by atoms with Gasteiger partial charge in [0, 0.05) is 17.7 Å². The Labute approximate surface area is 180 Å². The van der Waals surface area contributed by atoms with Crippen molar-refractivity contribution in [3.63, 3.8) is 0 Å². The Morgan fingerprint density at radius 1 is 1.10 bits per heavy atom. The zero-order chi connectivity index (χ0) is 21.7. The summed E-state index contributed by atoms with van der Waals surface area (Å²) in [6.07, 6.45) is 1.73. The van der Waals surface area contributed by atoms with E-state index < -0.39 is 5.25 Å². The number of ketones is 1. The summed E-state index contributed by atoms with van der Waals surface area (Å²) in [5.74, 6) is -0.581. The number of carbonyl (C=O) groups excluding carboxylic acids is 3. The maximum atomic E-state index is 12.4. The molecule has 3 rings (SSSR count). The number of hydrogen-bond acceptors (Lipinski definition) is 5. The first-order valence-electron chi connectivity index (χ1n) is 9.99. The molecule has 0 saturated carbocycles. The van der Waals surface area contributed by atoms with Crippen molar-refractivity contribution in [2.24, 2.45) is 4.99 Å². The van der Waals surface area contributed by atoms with Crippen LogP contribution >= 0.6 is 11.8 Å². The van der Waals surface area contributed by atoms with Crippen LogP contribution in [0.4, 0.5) is 11.4 Å². The van der Waals surface area contributed by atoms with Gasteiger partial charge in [0.25, 0.3) is 0 Å². The topological polar surface area (TPSA) is 87.6 Å². The molecule has 2 amide bonds. The first kappa shape index (κ1) is 21.8. The molecular formula is C23H25N3O3S. The van der Waals surface area contributed by atoms with Gasteiger partial charge in [0.1, 0.15) is 5.25 Å². The van der Waals surface area contributed by atoms with Crippen LogP contribution in [0.25, 0.3) is 0 Å². The number of benzene rings is 2. The molecular weight excluding hydrogens is 398 g/mol. The molecule has 0 bridgehead atoms. The highest BCUT2D eigenvalue weighted by Crippen LogP contribution is 2.30. The van der Waals surface area contributed by atoms with Crippen LogP contribution in [0.1, 0.15) is 48.7 Å². The molecule has 0 unspecified atom stereocenters. The van der Waals surface area contributed by atoms with E-state index in [0.29, 0.717) is 16.4 Å². The molecule has 1 aliphatic heterocycles. The van der Waals surface area contributed by atoms with Gasteiger partial charge in [-0.1, -0.05) is 55.9 Å². The standard InChI is InChI=1S/C23H25N3O3S/c1-4-15-8-6-9-16(5-2)21(15)25-23-26-22(29)19(30-23)13-20(28)24-18-11-7-10-17(12-18)14(3)27/h6-12,19H,4-5,13H2,1-3H3,(H,24,28)(H,25,26,29)/t19-/m1/s1. The van der Waals surface area contributed by atoms with Gasteiger partial charge in [0.2, 0.25) is 11.8 Å². The van der Waals surface area contributed by atoms with Crippen LogP contribution in [-0.2, 0) is 22.4 Å². The van der Waals surface area contributed by atoms with E-state index in [0.717, 1.165) is 29.7 Å². The number of rotatable bonds is 7. The summed E-state index contributed by atoms with van der Waals surface area (Å²) < 4.78 is 0. The first-order chi connectivity index (χ1) is 14.4. The minimum absolute atomic E-state index is 0.0237. The molecule has 1 saturated heterocycles. The average Bonchev–Trinajstić information content (AvgIpc) is 3.06. The van der Waals surface area contributed by atoms with Crippen LogP contribution in [0.15, 0.2) is 47.5 Å². The van der Waals surface area contributed by atoms with Crippen LogP contribution in [0.2, 0.25) is 0 Å². The number of thioether (sulfide) groups is 1. The number of aliphatic imine (C=N–C) groups is 1. The normalized spacial score (nSPS) is 17.1. The van der Waals surface area contributed by atoms with Crippen molar-refractivity contribution in [1.82, 2.24) is 5.32 Å². The Hall–Kier alpha value is -2.93. The van der Waals surface area contributed by atoms with Gasteiger partial charge in [-0.05, 0) is 43.0 Å². The molecule has 1 atom stereocenters. The van der Waals surface area contributed by atoms with Crippen molar-refractivity contribution < 1.29 is 14.4 Å². The van der Waals surface area contributed by atoms with E-state index >= 15 is 0 Å². The second-order valence-electron chi connectivity index (χ2n) is 7.03. The highest BCUT2D eigenvalue weighted by Gasteiger charge is 2.32. The predicted octanol–water partition coefficient (Wildman–Crippen LogP) is 4.26. The Kier molecular flexibility index (Phi) is 7.05. The number of hydrogen-bond donors (Lipinski definition) is 2. The maximum absolute atomic E-state index is 12.4. The van der Waals surface area contributed by atoms with Gasteiger partial charge in [-0.2, -0.15) is 0 Å². The predicted molar refractivity (Wildman–Crippen MR) is 122 cm³/mol. The molecule has 0 radical (unpaired) electrons. The van der Waals surface area contributed by atoms with E-state index in [1.165, 1.54) is 18.7 Å². The largest absolute Gasteiger partial charge is 0.326 e. The quantitative estimate of drug-likeness (QED) is 0.652. The van der Waals surface area contributed by atoms with Gasteiger partial charge in [-0.25, -0.2) is 4.99 Å². The van der Waals surface area contributed by atoms with E-state index in [1.807, 2.05) is 18.2 Å². The number of amidine groups is 1. The summed E-state index contributed by atoms with van der Waals surface area (Å²) in [7, 11) is 0. The van der Waals surface area contributed by atoms with Gasteiger partial charge in [0.05, 0.1) is 5.69 Å². The first-order valence-corrected chi connectivity index (χ1v) is 10.9. The van der Waals surface area contributed by atoms with Crippen LogP contribution in [0, 0.1) is 0 Å². The SMILES string of the molecule is CCc1cccc(CC)c1N=C1NC(=O)[C@@H](CC(=O)Nc2cccc(C(C)=O)c2)S1. The van der Waals surface area contributed by atoms with E-state index in [1.54, 1.807) is 24.3 Å². The van der Waals surface area contributed by atoms with Crippen LogP contribution in [0.3, 0.4) is 0 Å².